The average molecular weight is 224 g/mol. The third-order valence-electron chi connectivity index (χ3n) is 2.21. The molecule has 0 radical (unpaired) electrons. The van der Waals surface area contributed by atoms with Gasteiger partial charge in [-0.1, -0.05) is 16.8 Å². The van der Waals surface area contributed by atoms with Gasteiger partial charge < -0.3 is 5.11 Å². The summed E-state index contributed by atoms with van der Waals surface area (Å²) in [6.07, 6.45) is 0. The minimum Gasteiger partial charge on any atom is -0.390 e. The van der Waals surface area contributed by atoms with E-state index in [1.807, 2.05) is 19.1 Å². The van der Waals surface area contributed by atoms with E-state index in [4.69, 9.17) is 16.7 Å². The Morgan fingerprint density at radius 3 is 2.53 bits per heavy atom. The summed E-state index contributed by atoms with van der Waals surface area (Å²) in [4.78, 5) is 0. The number of benzene rings is 1. The van der Waals surface area contributed by atoms with Crippen LogP contribution in [0.1, 0.15) is 11.4 Å². The normalized spacial score (nSPS) is 10.6. The van der Waals surface area contributed by atoms with Crippen LogP contribution in [0.25, 0.3) is 5.69 Å². The van der Waals surface area contributed by atoms with Crippen molar-refractivity contribution in [1.29, 1.82) is 0 Å². The van der Waals surface area contributed by atoms with Crippen LogP contribution in [0.4, 0.5) is 0 Å². The van der Waals surface area contributed by atoms with E-state index in [9.17, 15) is 0 Å². The molecule has 0 aliphatic rings. The summed E-state index contributed by atoms with van der Waals surface area (Å²) in [6.45, 7) is 1.76. The molecular weight excluding hydrogens is 214 g/mol. The fourth-order valence-corrected chi connectivity index (χ4v) is 1.46. The largest absolute Gasteiger partial charge is 0.390 e. The van der Waals surface area contributed by atoms with Gasteiger partial charge in [-0.25, -0.2) is 4.68 Å². The van der Waals surface area contributed by atoms with Crippen molar-refractivity contribution in [3.05, 3.63) is 40.7 Å². The third kappa shape index (κ3) is 1.86. The van der Waals surface area contributed by atoms with E-state index in [0.717, 1.165) is 11.4 Å². The summed E-state index contributed by atoms with van der Waals surface area (Å²) < 4.78 is 1.67. The molecule has 4 nitrogen and oxygen atoms in total. The molecule has 0 aliphatic heterocycles. The van der Waals surface area contributed by atoms with Crippen LogP contribution in [0.2, 0.25) is 5.02 Å². The highest BCUT2D eigenvalue weighted by molar-refractivity contribution is 6.30. The maximum atomic E-state index is 8.99. The van der Waals surface area contributed by atoms with Crippen molar-refractivity contribution < 1.29 is 5.11 Å². The lowest BCUT2D eigenvalue weighted by Gasteiger charge is -2.02. The van der Waals surface area contributed by atoms with Crippen molar-refractivity contribution in [3.8, 4) is 5.69 Å². The minimum absolute atomic E-state index is 0.0978. The summed E-state index contributed by atoms with van der Waals surface area (Å²) in [5.41, 5.74) is 2.30. The monoisotopic (exact) mass is 223 g/mol. The van der Waals surface area contributed by atoms with Crippen LogP contribution in [0.3, 0.4) is 0 Å². The molecular formula is C10H10ClN3O. The summed E-state index contributed by atoms with van der Waals surface area (Å²) in [5.74, 6) is 0. The van der Waals surface area contributed by atoms with Gasteiger partial charge in [0.25, 0.3) is 0 Å². The molecule has 0 spiro atoms. The van der Waals surface area contributed by atoms with Gasteiger partial charge in [0.2, 0.25) is 0 Å². The molecule has 0 saturated heterocycles. The summed E-state index contributed by atoms with van der Waals surface area (Å²) in [7, 11) is 0. The second-order valence-electron chi connectivity index (χ2n) is 3.17. The van der Waals surface area contributed by atoms with Crippen molar-refractivity contribution in [1.82, 2.24) is 15.0 Å². The van der Waals surface area contributed by atoms with Crippen LogP contribution in [-0.4, -0.2) is 20.1 Å². The summed E-state index contributed by atoms with van der Waals surface area (Å²) in [5, 5.41) is 17.5. The molecule has 0 amide bonds. The van der Waals surface area contributed by atoms with Crippen molar-refractivity contribution in [2.45, 2.75) is 13.5 Å². The van der Waals surface area contributed by atoms with Crippen LogP contribution in [-0.2, 0) is 6.61 Å². The van der Waals surface area contributed by atoms with Crippen LogP contribution >= 0.6 is 11.6 Å². The molecule has 2 aromatic rings. The van der Waals surface area contributed by atoms with E-state index in [-0.39, 0.29) is 6.61 Å². The van der Waals surface area contributed by atoms with Gasteiger partial charge >= 0.3 is 0 Å². The fourth-order valence-electron chi connectivity index (χ4n) is 1.33. The molecule has 2 rings (SSSR count). The van der Waals surface area contributed by atoms with E-state index < -0.39 is 0 Å². The third-order valence-corrected chi connectivity index (χ3v) is 2.46. The van der Waals surface area contributed by atoms with Crippen LogP contribution < -0.4 is 0 Å². The smallest absolute Gasteiger partial charge is 0.111 e. The minimum atomic E-state index is -0.0978. The molecule has 15 heavy (non-hydrogen) atoms. The highest BCUT2D eigenvalue weighted by Crippen LogP contribution is 2.15. The summed E-state index contributed by atoms with van der Waals surface area (Å²) in [6, 6.07) is 7.28. The molecule has 1 aromatic heterocycles. The first-order valence-electron chi connectivity index (χ1n) is 4.50. The zero-order valence-electron chi connectivity index (χ0n) is 8.18. The molecule has 0 aliphatic carbocycles. The lowest BCUT2D eigenvalue weighted by Crippen LogP contribution is -1.99. The molecule has 1 aromatic carbocycles. The molecule has 0 unspecified atom stereocenters. The number of aromatic nitrogens is 3. The maximum absolute atomic E-state index is 8.99. The highest BCUT2D eigenvalue weighted by atomic mass is 35.5. The number of rotatable bonds is 2. The molecule has 0 atom stereocenters. The second kappa shape index (κ2) is 4.00. The molecule has 1 N–H and O–H groups in total. The van der Waals surface area contributed by atoms with Gasteiger partial charge in [0.15, 0.2) is 0 Å². The Morgan fingerprint density at radius 1 is 1.33 bits per heavy atom. The zero-order chi connectivity index (χ0) is 10.8. The Kier molecular flexibility index (Phi) is 2.70. The highest BCUT2D eigenvalue weighted by Gasteiger charge is 2.08. The van der Waals surface area contributed by atoms with Crippen LogP contribution in [0.5, 0.6) is 0 Å². The molecule has 0 fully saturated rings. The Hall–Kier alpha value is -1.39. The van der Waals surface area contributed by atoms with Crippen LogP contribution in [0.15, 0.2) is 24.3 Å². The van der Waals surface area contributed by atoms with Gasteiger partial charge in [-0.15, -0.1) is 5.10 Å². The zero-order valence-corrected chi connectivity index (χ0v) is 8.94. The van der Waals surface area contributed by atoms with Gasteiger partial charge in [-0.2, -0.15) is 0 Å². The van der Waals surface area contributed by atoms with E-state index in [2.05, 4.69) is 10.3 Å². The first-order chi connectivity index (χ1) is 7.22. The predicted octanol–water partition coefficient (Wildman–Crippen LogP) is 1.72. The predicted molar refractivity (Wildman–Crippen MR) is 57.0 cm³/mol. The van der Waals surface area contributed by atoms with Crippen LogP contribution in [0, 0.1) is 6.92 Å². The number of hydrogen-bond acceptors (Lipinski definition) is 3. The SMILES string of the molecule is Cc1c(CO)nnn1-c1ccc(Cl)cc1. The summed E-state index contributed by atoms with van der Waals surface area (Å²) >= 11 is 5.79. The van der Waals surface area contributed by atoms with Gasteiger partial charge in [0, 0.05) is 5.02 Å². The number of hydrogen-bond donors (Lipinski definition) is 1. The first-order valence-corrected chi connectivity index (χ1v) is 4.88. The Labute approximate surface area is 92.1 Å². The Morgan fingerprint density at radius 2 is 2.00 bits per heavy atom. The van der Waals surface area contributed by atoms with Crippen molar-refractivity contribution in [2.24, 2.45) is 0 Å². The standard InChI is InChI=1S/C10H10ClN3O/c1-7-10(6-15)12-13-14(7)9-4-2-8(11)3-5-9/h2-5,15H,6H2,1H3. The van der Waals surface area contributed by atoms with Gasteiger partial charge in [0.1, 0.15) is 5.69 Å². The van der Waals surface area contributed by atoms with E-state index >= 15 is 0 Å². The molecule has 1 heterocycles. The van der Waals surface area contributed by atoms with Gasteiger partial charge in [0.05, 0.1) is 18.0 Å². The van der Waals surface area contributed by atoms with Gasteiger partial charge in [-0.05, 0) is 31.2 Å². The number of aliphatic hydroxyl groups is 1. The van der Waals surface area contributed by atoms with E-state index in [1.54, 1.807) is 16.8 Å². The van der Waals surface area contributed by atoms with Crippen molar-refractivity contribution >= 4 is 11.6 Å². The molecule has 0 saturated carbocycles. The Bertz CT molecular complexity index is 464. The molecule has 0 bridgehead atoms. The lowest BCUT2D eigenvalue weighted by molar-refractivity contribution is 0.276. The molecule has 5 heteroatoms. The average Bonchev–Trinajstić information content (AvgIpc) is 2.61. The lowest BCUT2D eigenvalue weighted by atomic mass is 10.3. The maximum Gasteiger partial charge on any atom is 0.111 e. The number of halogens is 1. The van der Waals surface area contributed by atoms with Crippen molar-refractivity contribution in [2.75, 3.05) is 0 Å². The molecule has 78 valence electrons. The van der Waals surface area contributed by atoms with E-state index in [1.165, 1.54) is 0 Å². The first kappa shape index (κ1) is 10.1. The second-order valence-corrected chi connectivity index (χ2v) is 3.60. The topological polar surface area (TPSA) is 50.9 Å². The van der Waals surface area contributed by atoms with Gasteiger partial charge in [-0.3, -0.25) is 0 Å². The quantitative estimate of drug-likeness (QED) is 0.844. The number of nitrogens with zero attached hydrogens (tertiary/aromatic N) is 3. The number of aliphatic hydroxyl groups excluding tert-OH is 1. The fraction of sp³-hybridized carbons (Fsp3) is 0.200. The Balaban J connectivity index is 2.45. The van der Waals surface area contributed by atoms with Crippen molar-refractivity contribution in [3.63, 3.8) is 0 Å². The van der Waals surface area contributed by atoms with E-state index in [0.29, 0.717) is 10.7 Å².